The van der Waals surface area contributed by atoms with Crippen LogP contribution in [0.1, 0.15) is 29.4 Å². The fourth-order valence-electron chi connectivity index (χ4n) is 3.99. The van der Waals surface area contributed by atoms with Gasteiger partial charge in [-0.05, 0) is 29.7 Å². The van der Waals surface area contributed by atoms with E-state index in [4.69, 9.17) is 27.7 Å². The maximum atomic E-state index is 13.6. The highest BCUT2D eigenvalue weighted by Gasteiger charge is 2.31. The predicted octanol–water partition coefficient (Wildman–Crippen LogP) is 3.76. The molecule has 0 aliphatic carbocycles. The van der Waals surface area contributed by atoms with Crippen molar-refractivity contribution < 1.29 is 14.4 Å². The van der Waals surface area contributed by atoms with Crippen LogP contribution in [-0.4, -0.2) is 56.7 Å². The smallest absolute Gasteiger partial charge is 0.227 e. The standard InChI is InChI=1S/C23H24Cl2N4O3/c24-19-7-6-16(10-20(19)25)11-23(31)29(14-22-26-15-32-27-22)21(17-4-2-1-3-5-17)13-28-9-8-18(30)12-28/h1-7,10,15,18,21,30H,8-9,11-14H2. The molecule has 168 valence electrons. The Morgan fingerprint density at radius 1 is 1.22 bits per heavy atom. The van der Waals surface area contributed by atoms with Crippen molar-refractivity contribution in [3.8, 4) is 0 Å². The van der Waals surface area contributed by atoms with Gasteiger partial charge < -0.3 is 14.5 Å². The van der Waals surface area contributed by atoms with Crippen LogP contribution in [0.15, 0.2) is 59.4 Å². The SMILES string of the molecule is O=C(Cc1ccc(Cl)c(Cl)c1)N(Cc1ncon1)C(CN1CCC(O)C1)c1ccccc1. The summed E-state index contributed by atoms with van der Waals surface area (Å²) in [4.78, 5) is 21.7. The van der Waals surface area contributed by atoms with E-state index in [1.165, 1.54) is 6.39 Å². The first-order chi connectivity index (χ1) is 15.5. The summed E-state index contributed by atoms with van der Waals surface area (Å²) < 4.78 is 4.90. The summed E-state index contributed by atoms with van der Waals surface area (Å²) in [5.74, 6) is 0.330. The summed E-state index contributed by atoms with van der Waals surface area (Å²) in [5, 5.41) is 14.8. The Morgan fingerprint density at radius 2 is 2.03 bits per heavy atom. The Kier molecular flexibility index (Phi) is 7.42. The normalized spacial score (nSPS) is 17.4. The Bertz CT molecular complexity index is 1030. The topological polar surface area (TPSA) is 82.7 Å². The van der Waals surface area contributed by atoms with Gasteiger partial charge in [-0.2, -0.15) is 4.98 Å². The molecule has 4 rings (SSSR count). The van der Waals surface area contributed by atoms with Crippen LogP contribution < -0.4 is 0 Å². The third kappa shape index (κ3) is 5.66. The fraction of sp³-hybridized carbons (Fsp3) is 0.348. The van der Waals surface area contributed by atoms with Gasteiger partial charge in [0.05, 0.1) is 35.2 Å². The van der Waals surface area contributed by atoms with E-state index in [2.05, 4.69) is 15.0 Å². The molecule has 7 nitrogen and oxygen atoms in total. The average molecular weight is 475 g/mol. The molecule has 1 fully saturated rings. The van der Waals surface area contributed by atoms with Gasteiger partial charge in [0.25, 0.3) is 0 Å². The second kappa shape index (κ2) is 10.4. The highest BCUT2D eigenvalue weighted by Crippen LogP contribution is 2.28. The van der Waals surface area contributed by atoms with Gasteiger partial charge in [0.15, 0.2) is 5.82 Å². The molecule has 1 aliphatic heterocycles. The molecular weight excluding hydrogens is 451 g/mol. The van der Waals surface area contributed by atoms with Gasteiger partial charge in [0.2, 0.25) is 12.3 Å². The zero-order valence-electron chi connectivity index (χ0n) is 17.4. The number of halogens is 2. The minimum Gasteiger partial charge on any atom is -0.392 e. The molecule has 2 heterocycles. The first kappa shape index (κ1) is 22.7. The lowest BCUT2D eigenvalue weighted by Gasteiger charge is -2.34. The maximum absolute atomic E-state index is 13.6. The molecule has 0 bridgehead atoms. The fourth-order valence-corrected chi connectivity index (χ4v) is 4.31. The van der Waals surface area contributed by atoms with Crippen LogP contribution in [0.25, 0.3) is 0 Å². The summed E-state index contributed by atoms with van der Waals surface area (Å²) in [6.07, 6.45) is 1.79. The summed E-state index contributed by atoms with van der Waals surface area (Å²) >= 11 is 12.2. The number of carbonyl (C=O) groups excluding carboxylic acids is 1. The van der Waals surface area contributed by atoms with Crippen molar-refractivity contribution in [3.05, 3.63) is 81.9 Å². The van der Waals surface area contributed by atoms with Gasteiger partial charge in [-0.15, -0.1) is 0 Å². The number of carbonyl (C=O) groups is 1. The number of aliphatic hydroxyl groups excluding tert-OH is 1. The molecular formula is C23H24Cl2N4O3. The number of hydrogen-bond acceptors (Lipinski definition) is 6. The third-order valence-electron chi connectivity index (χ3n) is 5.62. The molecule has 1 aromatic heterocycles. The maximum Gasteiger partial charge on any atom is 0.227 e. The lowest BCUT2D eigenvalue weighted by molar-refractivity contribution is -0.134. The van der Waals surface area contributed by atoms with E-state index < -0.39 is 0 Å². The summed E-state index contributed by atoms with van der Waals surface area (Å²) in [7, 11) is 0. The molecule has 0 spiro atoms. The van der Waals surface area contributed by atoms with Crippen molar-refractivity contribution >= 4 is 29.1 Å². The van der Waals surface area contributed by atoms with E-state index in [1.807, 2.05) is 30.3 Å². The van der Waals surface area contributed by atoms with Crippen LogP contribution in [0.4, 0.5) is 0 Å². The molecule has 1 amide bonds. The first-order valence-electron chi connectivity index (χ1n) is 10.4. The minimum atomic E-state index is -0.344. The Hall–Kier alpha value is -2.45. The Balaban J connectivity index is 1.64. The van der Waals surface area contributed by atoms with Crippen LogP contribution in [0.5, 0.6) is 0 Å². The van der Waals surface area contributed by atoms with Gasteiger partial charge >= 0.3 is 0 Å². The van der Waals surface area contributed by atoms with Crippen molar-refractivity contribution in [3.63, 3.8) is 0 Å². The lowest BCUT2D eigenvalue weighted by Crippen LogP contribution is -2.41. The largest absolute Gasteiger partial charge is 0.392 e. The number of aliphatic hydroxyl groups is 1. The number of rotatable bonds is 8. The van der Waals surface area contributed by atoms with Gasteiger partial charge in [-0.1, -0.05) is 64.8 Å². The van der Waals surface area contributed by atoms with Gasteiger partial charge in [0, 0.05) is 19.6 Å². The molecule has 0 radical (unpaired) electrons. The van der Waals surface area contributed by atoms with Crippen molar-refractivity contribution in [2.24, 2.45) is 0 Å². The number of likely N-dealkylation sites (tertiary alicyclic amines) is 1. The van der Waals surface area contributed by atoms with Crippen LogP contribution in [0, 0.1) is 0 Å². The average Bonchev–Trinajstić information content (AvgIpc) is 3.45. The van der Waals surface area contributed by atoms with Crippen molar-refractivity contribution in [2.45, 2.75) is 31.5 Å². The summed E-state index contributed by atoms with van der Waals surface area (Å²) in [5.41, 5.74) is 1.77. The first-order valence-corrected chi connectivity index (χ1v) is 11.2. The minimum absolute atomic E-state index is 0.0956. The van der Waals surface area contributed by atoms with E-state index in [1.54, 1.807) is 23.1 Å². The predicted molar refractivity (Wildman–Crippen MR) is 121 cm³/mol. The number of amides is 1. The van der Waals surface area contributed by atoms with Crippen LogP contribution in [-0.2, 0) is 17.8 Å². The number of aromatic nitrogens is 2. The van der Waals surface area contributed by atoms with E-state index in [9.17, 15) is 9.90 Å². The zero-order valence-corrected chi connectivity index (χ0v) is 18.9. The third-order valence-corrected chi connectivity index (χ3v) is 6.36. The Labute approximate surface area is 196 Å². The second-order valence-corrected chi connectivity index (χ2v) is 8.74. The summed E-state index contributed by atoms with van der Waals surface area (Å²) in [6, 6.07) is 14.8. The lowest BCUT2D eigenvalue weighted by atomic mass is 10.0. The molecule has 1 N–H and O–H groups in total. The molecule has 1 aliphatic rings. The van der Waals surface area contributed by atoms with E-state index in [-0.39, 0.29) is 31.0 Å². The van der Waals surface area contributed by atoms with Crippen molar-refractivity contribution in [1.82, 2.24) is 19.9 Å². The molecule has 2 unspecified atom stereocenters. The number of β-amino-alcohol motifs (C(OH)–C–C–N with tert-alkyl or cyclic N) is 1. The van der Waals surface area contributed by atoms with Gasteiger partial charge in [-0.25, -0.2) is 0 Å². The molecule has 9 heteroatoms. The van der Waals surface area contributed by atoms with E-state index in [0.717, 1.165) is 24.1 Å². The monoisotopic (exact) mass is 474 g/mol. The number of nitrogens with zero attached hydrogens (tertiary/aromatic N) is 4. The molecule has 1 saturated heterocycles. The highest BCUT2D eigenvalue weighted by atomic mass is 35.5. The molecule has 2 atom stereocenters. The zero-order chi connectivity index (χ0) is 22.5. The molecule has 32 heavy (non-hydrogen) atoms. The summed E-state index contributed by atoms with van der Waals surface area (Å²) in [6.45, 7) is 2.15. The Morgan fingerprint density at radius 3 is 2.69 bits per heavy atom. The van der Waals surface area contributed by atoms with Crippen LogP contribution in [0.3, 0.4) is 0 Å². The van der Waals surface area contributed by atoms with Gasteiger partial charge in [-0.3, -0.25) is 9.69 Å². The number of benzene rings is 2. The van der Waals surface area contributed by atoms with Crippen LogP contribution in [0.2, 0.25) is 10.0 Å². The highest BCUT2D eigenvalue weighted by molar-refractivity contribution is 6.42. The quantitative estimate of drug-likeness (QED) is 0.535. The number of hydrogen-bond donors (Lipinski definition) is 1. The van der Waals surface area contributed by atoms with Gasteiger partial charge in [0.1, 0.15) is 0 Å². The van der Waals surface area contributed by atoms with E-state index >= 15 is 0 Å². The van der Waals surface area contributed by atoms with E-state index in [0.29, 0.717) is 29.0 Å². The molecule has 2 aromatic carbocycles. The molecule has 3 aromatic rings. The van der Waals surface area contributed by atoms with Crippen LogP contribution >= 0.6 is 23.2 Å². The van der Waals surface area contributed by atoms with Crippen molar-refractivity contribution in [1.29, 1.82) is 0 Å². The molecule has 0 saturated carbocycles. The second-order valence-electron chi connectivity index (χ2n) is 7.92. The van der Waals surface area contributed by atoms with Crippen molar-refractivity contribution in [2.75, 3.05) is 19.6 Å².